The van der Waals surface area contributed by atoms with E-state index in [9.17, 15) is 8.78 Å². The molecule has 0 bridgehead atoms. The van der Waals surface area contributed by atoms with Crippen molar-refractivity contribution in [2.75, 3.05) is 11.9 Å². The number of hydrogen-bond donors (Lipinski definition) is 1. The standard InChI is InChI=1S/C14H17F2N/c1-10-7-8-12(15)14(13(10)16)17-9-11-5-3-2-4-6-11/h2-3,7-8,11,17H,4-6,9H2,1H3. The van der Waals surface area contributed by atoms with Crippen LogP contribution in [0.3, 0.4) is 0 Å². The molecule has 0 saturated carbocycles. The normalized spacial score (nSPS) is 19.4. The molecule has 92 valence electrons. The number of aryl methyl sites for hydroxylation is 1. The Hall–Kier alpha value is -1.38. The van der Waals surface area contributed by atoms with Crippen molar-refractivity contribution in [3.63, 3.8) is 0 Å². The molecule has 0 spiro atoms. The Morgan fingerprint density at radius 1 is 1.29 bits per heavy atom. The van der Waals surface area contributed by atoms with Crippen molar-refractivity contribution in [3.8, 4) is 0 Å². The van der Waals surface area contributed by atoms with Crippen molar-refractivity contribution in [2.24, 2.45) is 5.92 Å². The number of nitrogens with one attached hydrogen (secondary N) is 1. The van der Waals surface area contributed by atoms with E-state index in [-0.39, 0.29) is 5.69 Å². The van der Waals surface area contributed by atoms with Crippen LogP contribution in [0.25, 0.3) is 0 Å². The molecule has 1 aliphatic carbocycles. The van der Waals surface area contributed by atoms with Gasteiger partial charge in [-0.2, -0.15) is 0 Å². The topological polar surface area (TPSA) is 12.0 Å². The Balaban J connectivity index is 2.03. The average molecular weight is 237 g/mol. The fourth-order valence-electron chi connectivity index (χ4n) is 2.11. The second kappa shape index (κ2) is 5.30. The van der Waals surface area contributed by atoms with Crippen molar-refractivity contribution in [2.45, 2.75) is 26.2 Å². The molecular formula is C14H17F2N. The smallest absolute Gasteiger partial charge is 0.152 e. The molecule has 1 unspecified atom stereocenters. The summed E-state index contributed by atoms with van der Waals surface area (Å²) in [6.45, 7) is 2.27. The summed E-state index contributed by atoms with van der Waals surface area (Å²) in [5.41, 5.74) is 0.483. The maximum atomic E-state index is 13.7. The summed E-state index contributed by atoms with van der Waals surface area (Å²) in [6, 6.07) is 2.76. The van der Waals surface area contributed by atoms with E-state index in [4.69, 9.17) is 0 Å². The third kappa shape index (κ3) is 2.84. The van der Waals surface area contributed by atoms with E-state index in [1.165, 1.54) is 12.1 Å². The van der Waals surface area contributed by atoms with Crippen LogP contribution in [-0.4, -0.2) is 6.54 Å². The molecule has 0 amide bonds. The molecule has 17 heavy (non-hydrogen) atoms. The summed E-state index contributed by atoms with van der Waals surface area (Å²) in [6.07, 6.45) is 7.43. The second-order valence-corrected chi connectivity index (χ2v) is 4.58. The van der Waals surface area contributed by atoms with Crippen molar-refractivity contribution >= 4 is 5.69 Å². The molecule has 3 heteroatoms. The Kier molecular flexibility index (Phi) is 3.77. The van der Waals surface area contributed by atoms with Crippen LogP contribution in [0.5, 0.6) is 0 Å². The highest BCUT2D eigenvalue weighted by atomic mass is 19.1. The summed E-state index contributed by atoms with van der Waals surface area (Å²) in [4.78, 5) is 0. The quantitative estimate of drug-likeness (QED) is 0.782. The van der Waals surface area contributed by atoms with Gasteiger partial charge >= 0.3 is 0 Å². The number of rotatable bonds is 3. The van der Waals surface area contributed by atoms with Crippen LogP contribution >= 0.6 is 0 Å². The lowest BCUT2D eigenvalue weighted by Gasteiger charge is -2.19. The molecular weight excluding hydrogens is 220 g/mol. The van der Waals surface area contributed by atoms with Gasteiger partial charge in [0.05, 0.1) is 0 Å². The van der Waals surface area contributed by atoms with Gasteiger partial charge in [0.2, 0.25) is 0 Å². The SMILES string of the molecule is Cc1ccc(F)c(NCC2CC=CCC2)c1F. The van der Waals surface area contributed by atoms with Gasteiger partial charge in [0.15, 0.2) is 5.82 Å². The summed E-state index contributed by atoms with van der Waals surface area (Å²) in [7, 11) is 0. The predicted octanol–water partition coefficient (Wildman–Crippen LogP) is 4.04. The molecule has 1 N–H and O–H groups in total. The minimum absolute atomic E-state index is 0.0135. The maximum absolute atomic E-state index is 13.7. The number of hydrogen-bond acceptors (Lipinski definition) is 1. The molecule has 1 nitrogen and oxygen atoms in total. The van der Waals surface area contributed by atoms with Crippen LogP contribution in [0.4, 0.5) is 14.5 Å². The van der Waals surface area contributed by atoms with Gasteiger partial charge in [-0.3, -0.25) is 0 Å². The molecule has 0 aliphatic heterocycles. The van der Waals surface area contributed by atoms with Gasteiger partial charge in [0.1, 0.15) is 11.5 Å². The Morgan fingerprint density at radius 2 is 2.12 bits per heavy atom. The Morgan fingerprint density at radius 3 is 2.82 bits per heavy atom. The zero-order valence-electron chi connectivity index (χ0n) is 9.97. The molecule has 2 rings (SSSR count). The van der Waals surface area contributed by atoms with E-state index < -0.39 is 11.6 Å². The van der Waals surface area contributed by atoms with Crippen LogP contribution in [0.1, 0.15) is 24.8 Å². The first-order valence-electron chi connectivity index (χ1n) is 6.02. The monoisotopic (exact) mass is 237 g/mol. The molecule has 1 aliphatic rings. The van der Waals surface area contributed by atoms with E-state index >= 15 is 0 Å². The summed E-state index contributed by atoms with van der Waals surface area (Å²) < 4.78 is 27.2. The molecule has 0 saturated heterocycles. The van der Waals surface area contributed by atoms with E-state index in [1.807, 2.05) is 0 Å². The lowest BCUT2D eigenvalue weighted by atomic mass is 9.94. The van der Waals surface area contributed by atoms with E-state index in [2.05, 4.69) is 17.5 Å². The van der Waals surface area contributed by atoms with Crippen molar-refractivity contribution in [1.82, 2.24) is 0 Å². The highest BCUT2D eigenvalue weighted by Crippen LogP contribution is 2.24. The highest BCUT2D eigenvalue weighted by molar-refractivity contribution is 5.48. The number of anilines is 1. The van der Waals surface area contributed by atoms with Crippen LogP contribution in [0.2, 0.25) is 0 Å². The zero-order chi connectivity index (χ0) is 12.3. The Labute approximate surface area is 101 Å². The fourth-order valence-corrected chi connectivity index (χ4v) is 2.11. The third-order valence-electron chi connectivity index (χ3n) is 3.23. The lowest BCUT2D eigenvalue weighted by Crippen LogP contribution is -2.17. The number of halogens is 2. The largest absolute Gasteiger partial charge is 0.380 e. The van der Waals surface area contributed by atoms with Gasteiger partial charge in [-0.15, -0.1) is 0 Å². The minimum Gasteiger partial charge on any atom is -0.380 e. The zero-order valence-corrected chi connectivity index (χ0v) is 9.97. The van der Waals surface area contributed by atoms with Gasteiger partial charge < -0.3 is 5.32 Å². The number of benzene rings is 1. The predicted molar refractivity (Wildman–Crippen MR) is 66.1 cm³/mol. The van der Waals surface area contributed by atoms with E-state index in [0.717, 1.165) is 19.3 Å². The first-order valence-corrected chi connectivity index (χ1v) is 6.02. The highest BCUT2D eigenvalue weighted by Gasteiger charge is 2.14. The fraction of sp³-hybridized carbons (Fsp3) is 0.429. The van der Waals surface area contributed by atoms with Crippen molar-refractivity contribution in [1.29, 1.82) is 0 Å². The van der Waals surface area contributed by atoms with Gasteiger partial charge in [0.25, 0.3) is 0 Å². The minimum atomic E-state index is -0.514. The summed E-state index contributed by atoms with van der Waals surface area (Å²) in [5.74, 6) is -0.518. The molecule has 0 fully saturated rings. The maximum Gasteiger partial charge on any atom is 0.152 e. The van der Waals surface area contributed by atoms with E-state index in [0.29, 0.717) is 18.0 Å². The van der Waals surface area contributed by atoms with Crippen molar-refractivity contribution in [3.05, 3.63) is 41.5 Å². The lowest BCUT2D eigenvalue weighted by molar-refractivity contribution is 0.499. The number of allylic oxidation sites excluding steroid dienone is 2. The molecule has 0 aromatic heterocycles. The third-order valence-corrected chi connectivity index (χ3v) is 3.23. The Bertz CT molecular complexity index is 426. The van der Waals surface area contributed by atoms with Crippen LogP contribution < -0.4 is 5.32 Å². The first kappa shape index (κ1) is 12.1. The summed E-state index contributed by atoms with van der Waals surface area (Å²) >= 11 is 0. The molecule has 1 atom stereocenters. The van der Waals surface area contributed by atoms with Crippen LogP contribution in [-0.2, 0) is 0 Å². The molecule has 1 aromatic carbocycles. The molecule has 0 heterocycles. The van der Waals surface area contributed by atoms with Crippen LogP contribution in [0.15, 0.2) is 24.3 Å². The van der Waals surface area contributed by atoms with Gasteiger partial charge in [-0.05, 0) is 43.7 Å². The average Bonchev–Trinajstić information content (AvgIpc) is 2.35. The molecule has 1 aromatic rings. The van der Waals surface area contributed by atoms with Gasteiger partial charge in [-0.25, -0.2) is 8.78 Å². The first-order chi connectivity index (χ1) is 8.18. The van der Waals surface area contributed by atoms with Crippen LogP contribution in [0, 0.1) is 24.5 Å². The van der Waals surface area contributed by atoms with E-state index in [1.54, 1.807) is 6.92 Å². The summed E-state index contributed by atoms with van der Waals surface area (Å²) in [5, 5.41) is 2.91. The second-order valence-electron chi connectivity index (χ2n) is 4.58. The molecule has 0 radical (unpaired) electrons. The van der Waals surface area contributed by atoms with Gasteiger partial charge in [0, 0.05) is 6.54 Å². The van der Waals surface area contributed by atoms with Gasteiger partial charge in [-0.1, -0.05) is 18.2 Å². The van der Waals surface area contributed by atoms with Crippen molar-refractivity contribution < 1.29 is 8.78 Å².